The monoisotopic (exact) mass is 419 g/mol. The second kappa shape index (κ2) is 7.95. The predicted octanol–water partition coefficient (Wildman–Crippen LogP) is 4.14. The van der Waals surface area contributed by atoms with Crippen molar-refractivity contribution in [2.75, 3.05) is 13.1 Å². The topological polar surface area (TPSA) is 85.0 Å². The molecule has 0 bridgehead atoms. The van der Waals surface area contributed by atoms with Gasteiger partial charge in [-0.2, -0.15) is 13.7 Å². The Bertz CT molecular complexity index is 1200. The van der Waals surface area contributed by atoms with Crippen molar-refractivity contribution < 1.29 is 9.32 Å². The Morgan fingerprint density at radius 1 is 1.20 bits per heavy atom. The van der Waals surface area contributed by atoms with E-state index in [1.165, 1.54) is 0 Å². The fourth-order valence-electron chi connectivity index (χ4n) is 4.03. The highest BCUT2D eigenvalue weighted by Gasteiger charge is 2.26. The molecular weight excluding hydrogens is 398 g/mol. The Morgan fingerprint density at radius 2 is 2.07 bits per heavy atom. The SMILES string of the molecule is Cc1ccccc1-c1noc(C[C@H]2CCCN(C(=O)c3ccc4nsnc4c3)C2)n1. The van der Waals surface area contributed by atoms with E-state index in [1.54, 1.807) is 0 Å². The van der Waals surface area contributed by atoms with E-state index in [0.29, 0.717) is 36.2 Å². The van der Waals surface area contributed by atoms with Crippen LogP contribution in [0.5, 0.6) is 0 Å². The highest BCUT2D eigenvalue weighted by molar-refractivity contribution is 7.00. The molecule has 5 rings (SSSR count). The molecule has 2 aromatic carbocycles. The summed E-state index contributed by atoms with van der Waals surface area (Å²) in [5.41, 5.74) is 4.37. The van der Waals surface area contributed by atoms with Gasteiger partial charge in [-0.3, -0.25) is 4.79 Å². The number of fused-ring (bicyclic) bond motifs is 1. The van der Waals surface area contributed by atoms with E-state index < -0.39 is 0 Å². The van der Waals surface area contributed by atoms with Crippen molar-refractivity contribution in [2.45, 2.75) is 26.2 Å². The maximum Gasteiger partial charge on any atom is 0.253 e. The lowest BCUT2D eigenvalue weighted by Gasteiger charge is -2.32. The Balaban J connectivity index is 1.28. The number of amides is 1. The first-order valence-corrected chi connectivity index (χ1v) is 10.8. The van der Waals surface area contributed by atoms with Gasteiger partial charge >= 0.3 is 0 Å². The van der Waals surface area contributed by atoms with E-state index in [9.17, 15) is 4.79 Å². The molecule has 2 aromatic heterocycles. The van der Waals surface area contributed by atoms with Crippen LogP contribution < -0.4 is 0 Å². The molecule has 0 radical (unpaired) electrons. The van der Waals surface area contributed by atoms with E-state index in [-0.39, 0.29) is 5.91 Å². The van der Waals surface area contributed by atoms with E-state index >= 15 is 0 Å². The number of aryl methyl sites for hydroxylation is 1. The molecule has 0 saturated carbocycles. The number of hydrogen-bond acceptors (Lipinski definition) is 7. The Morgan fingerprint density at radius 3 is 2.97 bits per heavy atom. The minimum Gasteiger partial charge on any atom is -0.339 e. The van der Waals surface area contributed by atoms with E-state index in [0.717, 1.165) is 53.3 Å². The number of piperidine rings is 1. The molecule has 8 heteroatoms. The van der Waals surface area contributed by atoms with Gasteiger partial charge in [-0.15, -0.1) is 0 Å². The standard InChI is InChI=1S/C22H21N5O2S/c1-14-5-2-3-7-17(14)21-23-20(29-24-21)11-15-6-4-10-27(13-15)22(28)16-8-9-18-19(12-16)26-30-25-18/h2-3,5,7-9,12,15H,4,6,10-11,13H2,1H3/t15-/m1/s1. The molecule has 3 heterocycles. The van der Waals surface area contributed by atoms with Crippen LogP contribution in [0.4, 0.5) is 0 Å². The summed E-state index contributed by atoms with van der Waals surface area (Å²) >= 11 is 1.16. The van der Waals surface area contributed by atoms with Crippen molar-refractivity contribution in [1.29, 1.82) is 0 Å². The minimum atomic E-state index is 0.0423. The van der Waals surface area contributed by atoms with Gasteiger partial charge in [0.25, 0.3) is 5.91 Å². The third kappa shape index (κ3) is 3.70. The third-order valence-corrected chi connectivity index (χ3v) is 6.18. The van der Waals surface area contributed by atoms with Crippen LogP contribution in [0.25, 0.3) is 22.4 Å². The average Bonchev–Trinajstić information content (AvgIpc) is 3.42. The first-order chi connectivity index (χ1) is 14.7. The first-order valence-electron chi connectivity index (χ1n) is 10.1. The summed E-state index contributed by atoms with van der Waals surface area (Å²) in [6.07, 6.45) is 2.69. The molecule has 1 amide bonds. The molecule has 0 aliphatic carbocycles. The highest BCUT2D eigenvalue weighted by atomic mass is 32.1. The van der Waals surface area contributed by atoms with Crippen LogP contribution in [0.15, 0.2) is 47.0 Å². The van der Waals surface area contributed by atoms with Gasteiger partial charge in [-0.25, -0.2) is 0 Å². The molecule has 0 unspecified atom stereocenters. The van der Waals surface area contributed by atoms with Gasteiger partial charge in [0.15, 0.2) is 0 Å². The fourth-order valence-corrected chi connectivity index (χ4v) is 4.55. The van der Waals surface area contributed by atoms with Gasteiger partial charge in [0.1, 0.15) is 11.0 Å². The maximum atomic E-state index is 13.0. The van der Waals surface area contributed by atoms with Crippen LogP contribution in [-0.4, -0.2) is 42.8 Å². The summed E-state index contributed by atoms with van der Waals surface area (Å²) in [6.45, 7) is 3.49. The predicted molar refractivity (Wildman–Crippen MR) is 114 cm³/mol. The molecule has 30 heavy (non-hydrogen) atoms. The number of rotatable bonds is 4. The van der Waals surface area contributed by atoms with Gasteiger partial charge < -0.3 is 9.42 Å². The van der Waals surface area contributed by atoms with Crippen LogP contribution in [-0.2, 0) is 6.42 Å². The molecule has 1 aliphatic rings. The lowest BCUT2D eigenvalue weighted by Crippen LogP contribution is -2.40. The molecule has 7 nitrogen and oxygen atoms in total. The van der Waals surface area contributed by atoms with Crippen molar-refractivity contribution in [3.8, 4) is 11.4 Å². The Kier molecular flexibility index (Phi) is 5.00. The second-order valence-corrected chi connectivity index (χ2v) is 8.29. The van der Waals surface area contributed by atoms with Crippen LogP contribution in [0.3, 0.4) is 0 Å². The summed E-state index contributed by atoms with van der Waals surface area (Å²) in [4.78, 5) is 19.5. The normalized spacial score (nSPS) is 16.8. The number of benzene rings is 2. The molecule has 0 spiro atoms. The van der Waals surface area contributed by atoms with Crippen molar-refractivity contribution in [3.63, 3.8) is 0 Å². The summed E-state index contributed by atoms with van der Waals surface area (Å²) in [7, 11) is 0. The lowest BCUT2D eigenvalue weighted by molar-refractivity contribution is 0.0668. The average molecular weight is 420 g/mol. The van der Waals surface area contributed by atoms with E-state index in [2.05, 4.69) is 18.9 Å². The molecular formula is C22H21N5O2S. The second-order valence-electron chi connectivity index (χ2n) is 7.76. The zero-order valence-corrected chi connectivity index (χ0v) is 17.4. The third-order valence-electron chi connectivity index (χ3n) is 5.62. The number of likely N-dealkylation sites (tertiary alicyclic amines) is 1. The molecule has 152 valence electrons. The number of hydrogen-bond donors (Lipinski definition) is 0. The number of carbonyl (C=O) groups excluding carboxylic acids is 1. The Labute approximate surface area is 178 Å². The lowest BCUT2D eigenvalue weighted by atomic mass is 9.94. The van der Waals surface area contributed by atoms with E-state index in [4.69, 9.17) is 4.52 Å². The molecule has 1 fully saturated rings. The largest absolute Gasteiger partial charge is 0.339 e. The Hall–Kier alpha value is -3.13. The molecule has 1 saturated heterocycles. The quantitative estimate of drug-likeness (QED) is 0.494. The number of carbonyl (C=O) groups is 1. The summed E-state index contributed by atoms with van der Waals surface area (Å²) in [5, 5.41) is 4.16. The van der Waals surface area contributed by atoms with Crippen molar-refractivity contribution in [2.24, 2.45) is 5.92 Å². The van der Waals surface area contributed by atoms with Gasteiger partial charge in [0.05, 0.1) is 11.7 Å². The van der Waals surface area contributed by atoms with Crippen molar-refractivity contribution in [1.82, 2.24) is 23.8 Å². The first kappa shape index (κ1) is 18.9. The number of aromatic nitrogens is 4. The zero-order chi connectivity index (χ0) is 20.5. The van der Waals surface area contributed by atoms with Crippen molar-refractivity contribution >= 4 is 28.7 Å². The van der Waals surface area contributed by atoms with Crippen LogP contribution >= 0.6 is 11.7 Å². The summed E-state index contributed by atoms with van der Waals surface area (Å²) in [5.74, 6) is 1.60. The minimum absolute atomic E-state index is 0.0423. The van der Waals surface area contributed by atoms with Gasteiger partial charge in [0, 0.05) is 30.6 Å². The van der Waals surface area contributed by atoms with Gasteiger partial charge in [0.2, 0.25) is 11.7 Å². The molecule has 1 aliphatic heterocycles. The van der Waals surface area contributed by atoms with Gasteiger partial charge in [-0.05, 0) is 49.4 Å². The summed E-state index contributed by atoms with van der Waals surface area (Å²) < 4.78 is 14.0. The smallest absolute Gasteiger partial charge is 0.253 e. The molecule has 0 N–H and O–H groups in total. The number of nitrogens with zero attached hydrogens (tertiary/aromatic N) is 5. The molecule has 1 atom stereocenters. The molecule has 4 aromatic rings. The van der Waals surface area contributed by atoms with Crippen LogP contribution in [0.1, 0.15) is 34.7 Å². The van der Waals surface area contributed by atoms with Crippen LogP contribution in [0.2, 0.25) is 0 Å². The zero-order valence-electron chi connectivity index (χ0n) is 16.6. The highest BCUT2D eigenvalue weighted by Crippen LogP contribution is 2.25. The summed E-state index contributed by atoms with van der Waals surface area (Å²) in [6, 6.07) is 13.5. The van der Waals surface area contributed by atoms with E-state index in [1.807, 2.05) is 54.3 Å². The van der Waals surface area contributed by atoms with Crippen LogP contribution in [0, 0.1) is 12.8 Å². The fraction of sp³-hybridized carbons (Fsp3) is 0.318. The van der Waals surface area contributed by atoms with Crippen molar-refractivity contribution in [3.05, 3.63) is 59.5 Å². The maximum absolute atomic E-state index is 13.0. The van der Waals surface area contributed by atoms with Gasteiger partial charge in [-0.1, -0.05) is 29.4 Å².